The fourth-order valence-electron chi connectivity index (χ4n) is 3.14. The van der Waals surface area contributed by atoms with Crippen molar-refractivity contribution < 1.29 is 24.1 Å². The molecule has 2 heterocycles. The van der Waals surface area contributed by atoms with Crippen molar-refractivity contribution in [1.82, 2.24) is 0 Å². The Kier molecular flexibility index (Phi) is 4.56. The number of hydrogen-bond acceptors (Lipinski definition) is 7. The van der Waals surface area contributed by atoms with Crippen molar-refractivity contribution in [3.05, 3.63) is 68.2 Å². The van der Waals surface area contributed by atoms with Gasteiger partial charge in [0, 0.05) is 22.7 Å². The van der Waals surface area contributed by atoms with Crippen LogP contribution in [0.4, 0.5) is 11.4 Å². The fourth-order valence-corrected chi connectivity index (χ4v) is 3.51. The number of imide groups is 1. The molecule has 4 rings (SSSR count). The van der Waals surface area contributed by atoms with Gasteiger partial charge < -0.3 is 4.84 Å². The minimum atomic E-state index is -1.30. The van der Waals surface area contributed by atoms with Crippen LogP contribution in [-0.2, 0) is 14.4 Å². The first-order chi connectivity index (χ1) is 13.8. The number of halogens is 2. The fraction of sp³-hybridized carbons (Fsp3) is 0.111. The Bertz CT molecular complexity index is 1120. The van der Waals surface area contributed by atoms with Crippen molar-refractivity contribution in [2.24, 2.45) is 11.1 Å². The Balaban J connectivity index is 1.65. The van der Waals surface area contributed by atoms with Gasteiger partial charge in [0.25, 0.3) is 11.6 Å². The lowest BCUT2D eigenvalue weighted by Crippen LogP contribution is -2.34. The second-order valence-electron chi connectivity index (χ2n) is 6.22. The number of ketones is 1. The molecular weight excluding hydrogens is 425 g/mol. The summed E-state index contributed by atoms with van der Waals surface area (Å²) in [6, 6.07) is 9.08. The molecule has 0 spiro atoms. The highest BCUT2D eigenvalue weighted by Gasteiger charge is 2.57. The smallest absolute Gasteiger partial charge is 0.279 e. The first kappa shape index (κ1) is 19.0. The van der Waals surface area contributed by atoms with Crippen molar-refractivity contribution in [1.29, 1.82) is 0 Å². The van der Waals surface area contributed by atoms with Crippen molar-refractivity contribution in [3.8, 4) is 0 Å². The molecule has 2 aliphatic heterocycles. The second-order valence-corrected chi connectivity index (χ2v) is 7.06. The highest BCUT2D eigenvalue weighted by molar-refractivity contribution is 6.53. The summed E-state index contributed by atoms with van der Waals surface area (Å²) in [5, 5.41) is 14.8. The molecule has 2 amide bonds. The van der Waals surface area contributed by atoms with E-state index in [-0.39, 0.29) is 32.7 Å². The summed E-state index contributed by atoms with van der Waals surface area (Å²) in [5.74, 6) is -3.37. The summed E-state index contributed by atoms with van der Waals surface area (Å²) in [4.78, 5) is 54.5. The highest BCUT2D eigenvalue weighted by Crippen LogP contribution is 2.38. The molecule has 2 aromatic rings. The van der Waals surface area contributed by atoms with E-state index in [0.29, 0.717) is 0 Å². The number of fused-ring (bicyclic) bond motifs is 1. The number of carbonyl (C=O) groups excluding carboxylic acids is 3. The van der Waals surface area contributed by atoms with E-state index in [1.165, 1.54) is 30.3 Å². The molecule has 2 aliphatic rings. The van der Waals surface area contributed by atoms with Crippen LogP contribution in [-0.4, -0.2) is 34.3 Å². The van der Waals surface area contributed by atoms with Crippen LogP contribution in [0.3, 0.4) is 0 Å². The number of nitrogens with zero attached hydrogens (tertiary/aromatic N) is 3. The molecule has 9 nitrogen and oxygen atoms in total. The maximum Gasteiger partial charge on any atom is 0.279 e. The number of carbonyl (C=O) groups is 3. The first-order valence-electron chi connectivity index (χ1n) is 8.15. The zero-order chi connectivity index (χ0) is 20.9. The SMILES string of the molecule is O=C(C1=NOC2C(=O)N(c3cc(Cl)ccc3Cl)C(=O)C12)c1ccc([N+](=O)[O-])cc1. The predicted octanol–water partition coefficient (Wildman–Crippen LogP) is 3.03. The largest absolute Gasteiger partial charge is 0.381 e. The number of hydrogen-bond donors (Lipinski definition) is 0. The van der Waals surface area contributed by atoms with E-state index >= 15 is 0 Å². The number of Topliss-reactive ketones (excluding diaryl/α,β-unsaturated/α-hetero) is 1. The van der Waals surface area contributed by atoms with Gasteiger partial charge in [-0.05, 0) is 30.3 Å². The summed E-state index contributed by atoms with van der Waals surface area (Å²) in [7, 11) is 0. The van der Waals surface area contributed by atoms with Gasteiger partial charge in [0.05, 0.1) is 15.6 Å². The molecule has 0 aromatic heterocycles. The first-order valence-corrected chi connectivity index (χ1v) is 8.91. The van der Waals surface area contributed by atoms with Crippen LogP contribution in [0.1, 0.15) is 10.4 Å². The number of oxime groups is 1. The zero-order valence-electron chi connectivity index (χ0n) is 14.2. The number of nitro groups is 1. The van der Waals surface area contributed by atoms with E-state index in [2.05, 4.69) is 5.16 Å². The quantitative estimate of drug-likeness (QED) is 0.316. The van der Waals surface area contributed by atoms with Crippen LogP contribution in [0.25, 0.3) is 0 Å². The lowest BCUT2D eigenvalue weighted by atomic mass is 9.93. The predicted molar refractivity (Wildman–Crippen MR) is 102 cm³/mol. The average molecular weight is 434 g/mol. The van der Waals surface area contributed by atoms with Gasteiger partial charge in [-0.3, -0.25) is 24.5 Å². The summed E-state index contributed by atoms with van der Waals surface area (Å²) in [6.07, 6.45) is -1.30. The normalized spacial score (nSPS) is 20.3. The van der Waals surface area contributed by atoms with Crippen LogP contribution < -0.4 is 4.90 Å². The van der Waals surface area contributed by atoms with Crippen molar-refractivity contribution in [2.75, 3.05) is 4.90 Å². The van der Waals surface area contributed by atoms with Gasteiger partial charge in [0.1, 0.15) is 11.6 Å². The van der Waals surface area contributed by atoms with Crippen LogP contribution in [0.5, 0.6) is 0 Å². The van der Waals surface area contributed by atoms with Gasteiger partial charge in [0.2, 0.25) is 17.8 Å². The van der Waals surface area contributed by atoms with Gasteiger partial charge in [-0.2, -0.15) is 0 Å². The Hall–Kier alpha value is -3.30. The van der Waals surface area contributed by atoms with Gasteiger partial charge in [-0.25, -0.2) is 4.90 Å². The number of anilines is 1. The van der Waals surface area contributed by atoms with Crippen molar-refractivity contribution >= 4 is 57.9 Å². The van der Waals surface area contributed by atoms with Gasteiger partial charge >= 0.3 is 0 Å². The molecule has 0 bridgehead atoms. The van der Waals surface area contributed by atoms with E-state index in [9.17, 15) is 24.5 Å². The standard InChI is InChI=1S/C18H9Cl2N3O6/c19-9-3-6-11(20)12(7-9)22-17(25)13-14(21-29-16(13)18(22)26)15(24)8-1-4-10(5-2-8)23(27)28/h1-7,13,16H. The van der Waals surface area contributed by atoms with Crippen molar-refractivity contribution in [2.45, 2.75) is 6.10 Å². The van der Waals surface area contributed by atoms with Gasteiger partial charge in [0.15, 0.2) is 0 Å². The Morgan fingerprint density at radius 2 is 1.79 bits per heavy atom. The molecular formula is C18H9Cl2N3O6. The van der Waals surface area contributed by atoms with E-state index in [1.807, 2.05) is 0 Å². The highest BCUT2D eigenvalue weighted by atomic mass is 35.5. The molecule has 2 atom stereocenters. The molecule has 2 aromatic carbocycles. The van der Waals surface area contributed by atoms with Crippen LogP contribution >= 0.6 is 23.2 Å². The minimum absolute atomic E-state index is 0.0677. The number of benzene rings is 2. The Morgan fingerprint density at radius 1 is 1.10 bits per heavy atom. The third-order valence-electron chi connectivity index (χ3n) is 4.53. The van der Waals surface area contributed by atoms with Gasteiger partial charge in [-0.1, -0.05) is 28.4 Å². The maximum atomic E-state index is 13.0. The third kappa shape index (κ3) is 3.04. The van der Waals surface area contributed by atoms with Crippen LogP contribution in [0.15, 0.2) is 47.6 Å². The molecule has 0 saturated carbocycles. The molecule has 0 aliphatic carbocycles. The van der Waals surface area contributed by atoms with E-state index < -0.39 is 34.5 Å². The molecule has 1 fully saturated rings. The minimum Gasteiger partial charge on any atom is -0.381 e. The van der Waals surface area contributed by atoms with Crippen molar-refractivity contribution in [3.63, 3.8) is 0 Å². The molecule has 29 heavy (non-hydrogen) atoms. The van der Waals surface area contributed by atoms with E-state index in [4.69, 9.17) is 28.0 Å². The summed E-state index contributed by atoms with van der Waals surface area (Å²) >= 11 is 12.0. The lowest BCUT2D eigenvalue weighted by Gasteiger charge is -2.17. The Labute approximate surface area is 172 Å². The number of nitro benzene ring substituents is 1. The molecule has 0 N–H and O–H groups in total. The molecule has 1 saturated heterocycles. The molecule has 11 heteroatoms. The van der Waals surface area contributed by atoms with Crippen LogP contribution in [0, 0.1) is 16.0 Å². The summed E-state index contributed by atoms with van der Waals surface area (Å²) in [5.41, 5.74) is -0.312. The lowest BCUT2D eigenvalue weighted by molar-refractivity contribution is -0.384. The zero-order valence-corrected chi connectivity index (χ0v) is 15.8. The molecule has 0 radical (unpaired) electrons. The van der Waals surface area contributed by atoms with E-state index in [0.717, 1.165) is 17.0 Å². The topological polar surface area (TPSA) is 119 Å². The second kappa shape index (κ2) is 6.94. The van der Waals surface area contributed by atoms with Crippen LogP contribution in [0.2, 0.25) is 10.0 Å². The molecule has 146 valence electrons. The summed E-state index contributed by atoms with van der Waals surface area (Å²) in [6.45, 7) is 0. The monoisotopic (exact) mass is 433 g/mol. The van der Waals surface area contributed by atoms with Gasteiger partial charge in [-0.15, -0.1) is 0 Å². The molecule has 2 unspecified atom stereocenters. The third-order valence-corrected chi connectivity index (χ3v) is 5.09. The maximum absolute atomic E-state index is 13.0. The Morgan fingerprint density at radius 3 is 2.45 bits per heavy atom. The summed E-state index contributed by atoms with van der Waals surface area (Å²) < 4.78 is 0. The average Bonchev–Trinajstić information content (AvgIpc) is 3.24. The number of amides is 2. The number of rotatable bonds is 4. The number of non-ortho nitro benzene ring substituents is 1. The van der Waals surface area contributed by atoms with E-state index in [1.54, 1.807) is 0 Å².